The van der Waals surface area contributed by atoms with Crippen molar-refractivity contribution in [2.45, 2.75) is 11.4 Å². The summed E-state index contributed by atoms with van der Waals surface area (Å²) >= 11 is 0. The summed E-state index contributed by atoms with van der Waals surface area (Å²) in [6.07, 6.45) is 4.44. The number of benzene rings is 1. The predicted octanol–water partition coefficient (Wildman–Crippen LogP) is 2.29. The van der Waals surface area contributed by atoms with Crippen LogP contribution in [0, 0.1) is 5.82 Å². The number of nitrogens with two attached hydrogens (primary N) is 1. The lowest BCUT2D eigenvalue weighted by Crippen LogP contribution is -2.47. The average molecular weight is 525 g/mol. The predicted molar refractivity (Wildman–Crippen MR) is 137 cm³/mol. The molecule has 192 valence electrons. The van der Waals surface area contributed by atoms with Gasteiger partial charge in [-0.25, -0.2) is 17.5 Å². The molecule has 1 saturated heterocycles. The van der Waals surface area contributed by atoms with Gasteiger partial charge in [-0.3, -0.25) is 4.90 Å². The number of rotatable bonds is 6. The third-order valence-electron chi connectivity index (χ3n) is 6.70. The zero-order valence-corrected chi connectivity index (χ0v) is 20.9. The van der Waals surface area contributed by atoms with Crippen molar-refractivity contribution in [2.24, 2.45) is 0 Å². The summed E-state index contributed by atoms with van der Waals surface area (Å²) in [5.41, 5.74) is 8.78. The lowest BCUT2D eigenvalue weighted by Gasteiger charge is -2.36. The Kier molecular flexibility index (Phi) is 5.60. The van der Waals surface area contributed by atoms with E-state index in [0.29, 0.717) is 42.4 Å². The zero-order chi connectivity index (χ0) is 25.7. The number of fused-ring (bicyclic) bond motifs is 3. The minimum absolute atomic E-state index is 0.0153. The van der Waals surface area contributed by atoms with Crippen LogP contribution >= 0.6 is 0 Å². The van der Waals surface area contributed by atoms with Crippen molar-refractivity contribution in [2.75, 3.05) is 49.6 Å². The fourth-order valence-electron chi connectivity index (χ4n) is 4.71. The summed E-state index contributed by atoms with van der Waals surface area (Å²) in [5.74, 6) is 0.387. The van der Waals surface area contributed by atoms with E-state index >= 15 is 0 Å². The van der Waals surface area contributed by atoms with Gasteiger partial charge in [-0.1, -0.05) is 0 Å². The first kappa shape index (κ1) is 23.4. The zero-order valence-electron chi connectivity index (χ0n) is 20.1. The Labute approximate surface area is 211 Å². The largest absolute Gasteiger partial charge is 0.463 e. The number of hydrogen-bond acceptors (Lipinski definition) is 9. The molecule has 0 saturated carbocycles. The number of aromatic nitrogens is 5. The molecule has 5 aromatic rings. The van der Waals surface area contributed by atoms with Crippen LogP contribution in [0.3, 0.4) is 0 Å². The van der Waals surface area contributed by atoms with Crippen LogP contribution in [0.15, 0.2) is 58.2 Å². The van der Waals surface area contributed by atoms with Gasteiger partial charge in [0.15, 0.2) is 21.2 Å². The summed E-state index contributed by atoms with van der Waals surface area (Å²) in [5, 5.41) is 9.91. The first-order chi connectivity index (χ1) is 17.8. The molecule has 0 aliphatic carbocycles. The normalized spacial score (nSPS) is 15.2. The molecule has 0 radical (unpaired) electrons. The molecule has 2 N–H and O–H groups in total. The molecule has 37 heavy (non-hydrogen) atoms. The molecule has 1 fully saturated rings. The molecule has 4 aromatic heterocycles. The molecule has 0 unspecified atom stereocenters. The maximum absolute atomic E-state index is 14.6. The van der Waals surface area contributed by atoms with Gasteiger partial charge >= 0.3 is 0 Å². The minimum atomic E-state index is -3.45. The molecule has 11 nitrogen and oxygen atoms in total. The fraction of sp³-hybridized carbons (Fsp3) is 0.292. The molecule has 1 aromatic carbocycles. The van der Waals surface area contributed by atoms with E-state index < -0.39 is 15.7 Å². The Morgan fingerprint density at radius 2 is 1.92 bits per heavy atom. The highest BCUT2D eigenvalue weighted by molar-refractivity contribution is 7.90. The Morgan fingerprint density at radius 1 is 1.11 bits per heavy atom. The van der Waals surface area contributed by atoms with Gasteiger partial charge in [-0.2, -0.15) is 19.7 Å². The van der Waals surface area contributed by atoms with Crippen LogP contribution in [0.25, 0.3) is 28.0 Å². The summed E-state index contributed by atoms with van der Waals surface area (Å²) in [6, 6.07) is 9.64. The lowest BCUT2D eigenvalue weighted by molar-refractivity contribution is 0.245. The third-order valence-corrected chi connectivity index (χ3v) is 7.81. The molecule has 0 amide bonds. The first-order valence-corrected chi connectivity index (χ1v) is 13.7. The summed E-state index contributed by atoms with van der Waals surface area (Å²) in [4.78, 5) is 8.75. The number of hydrogen-bond donors (Lipinski definition) is 1. The molecule has 1 aliphatic rings. The third kappa shape index (κ3) is 4.29. The van der Waals surface area contributed by atoms with Crippen molar-refractivity contribution in [1.82, 2.24) is 29.3 Å². The van der Waals surface area contributed by atoms with E-state index in [1.165, 1.54) is 6.07 Å². The first-order valence-electron chi connectivity index (χ1n) is 11.8. The molecule has 5 heterocycles. The van der Waals surface area contributed by atoms with Crippen LogP contribution in [0.5, 0.6) is 0 Å². The van der Waals surface area contributed by atoms with Gasteiger partial charge in [0.25, 0.3) is 0 Å². The number of furan rings is 1. The van der Waals surface area contributed by atoms with Crippen LogP contribution in [0.1, 0.15) is 0 Å². The van der Waals surface area contributed by atoms with Gasteiger partial charge in [-0.05, 0) is 36.4 Å². The number of anilines is 2. The second-order valence-electron chi connectivity index (χ2n) is 9.09. The van der Waals surface area contributed by atoms with Crippen molar-refractivity contribution in [3.63, 3.8) is 0 Å². The maximum Gasteiger partial charge on any atom is 0.223 e. The molecule has 0 atom stereocenters. The van der Waals surface area contributed by atoms with Crippen molar-refractivity contribution < 1.29 is 17.2 Å². The summed E-state index contributed by atoms with van der Waals surface area (Å²) < 4.78 is 46.9. The fourth-order valence-corrected chi connectivity index (χ4v) is 5.35. The van der Waals surface area contributed by atoms with Gasteiger partial charge in [0, 0.05) is 39.0 Å². The lowest BCUT2D eigenvalue weighted by atomic mass is 10.2. The van der Waals surface area contributed by atoms with E-state index in [-0.39, 0.29) is 10.8 Å². The smallest absolute Gasteiger partial charge is 0.223 e. The second-order valence-corrected chi connectivity index (χ2v) is 11.1. The number of sulfone groups is 1. The monoisotopic (exact) mass is 524 g/mol. The van der Waals surface area contributed by atoms with Crippen LogP contribution in [0.2, 0.25) is 0 Å². The van der Waals surface area contributed by atoms with Crippen molar-refractivity contribution >= 4 is 38.0 Å². The number of nitrogen functional groups attached to an aromatic ring is 1. The maximum atomic E-state index is 14.6. The number of halogens is 1. The molecular weight excluding hydrogens is 499 g/mol. The van der Waals surface area contributed by atoms with Gasteiger partial charge in [0.1, 0.15) is 11.5 Å². The van der Waals surface area contributed by atoms with Gasteiger partial charge < -0.3 is 15.1 Å². The molecular formula is C24H25FN8O3S. The number of piperazine rings is 1. The van der Waals surface area contributed by atoms with Crippen molar-refractivity contribution in [3.05, 3.63) is 54.7 Å². The van der Waals surface area contributed by atoms with Gasteiger partial charge in [-0.15, -0.1) is 0 Å². The molecule has 0 bridgehead atoms. The van der Waals surface area contributed by atoms with Crippen LogP contribution in [-0.2, 0) is 16.4 Å². The number of nitrogens with zero attached hydrogens (tertiary/aromatic N) is 7. The van der Waals surface area contributed by atoms with E-state index in [1.54, 1.807) is 29.1 Å². The molecule has 1 aliphatic heterocycles. The Hall–Kier alpha value is -3.97. The average Bonchev–Trinajstić information content (AvgIpc) is 3.62. The second kappa shape index (κ2) is 8.85. The SMILES string of the molecule is CS(=O)(=O)c1ccc(N2CCN(CCn3ncc4c3nc(N)n3nc(-c5ccco5)cc43)CC2)c(F)c1. The van der Waals surface area contributed by atoms with Crippen LogP contribution < -0.4 is 10.6 Å². The van der Waals surface area contributed by atoms with E-state index in [4.69, 9.17) is 10.2 Å². The van der Waals surface area contributed by atoms with E-state index in [1.807, 2.05) is 21.7 Å². The van der Waals surface area contributed by atoms with Gasteiger partial charge in [0.05, 0.1) is 40.5 Å². The molecule has 0 spiro atoms. The summed E-state index contributed by atoms with van der Waals surface area (Å²) in [6.45, 7) is 4.09. The van der Waals surface area contributed by atoms with Crippen LogP contribution in [-0.4, -0.2) is 76.7 Å². The van der Waals surface area contributed by atoms with Crippen molar-refractivity contribution in [3.8, 4) is 11.5 Å². The van der Waals surface area contributed by atoms with Crippen LogP contribution in [0.4, 0.5) is 16.0 Å². The Morgan fingerprint density at radius 3 is 2.62 bits per heavy atom. The van der Waals surface area contributed by atoms with Crippen molar-refractivity contribution in [1.29, 1.82) is 0 Å². The quantitative estimate of drug-likeness (QED) is 0.356. The minimum Gasteiger partial charge on any atom is -0.463 e. The summed E-state index contributed by atoms with van der Waals surface area (Å²) in [7, 11) is -3.45. The molecule has 6 rings (SSSR count). The van der Waals surface area contributed by atoms with E-state index in [0.717, 1.165) is 42.9 Å². The standard InChI is InChI=1S/C24H25FN8O3S/c1-37(34,35)16-4-5-20(18(25)13-16)31-9-6-30(7-10-31)8-11-32-23-17(15-27-32)21-14-19(22-3-2-12-36-22)29-33(21)24(26)28-23/h2-5,12-15H,6-11H2,1H3,(H2,26,28). The van der Waals surface area contributed by atoms with E-state index in [2.05, 4.69) is 20.1 Å². The Bertz CT molecular complexity index is 1700. The molecule has 13 heteroatoms. The van der Waals surface area contributed by atoms with Gasteiger partial charge in [0.2, 0.25) is 5.95 Å². The highest BCUT2D eigenvalue weighted by Gasteiger charge is 2.22. The Balaban J connectivity index is 1.14. The highest BCUT2D eigenvalue weighted by Crippen LogP contribution is 2.27. The van der Waals surface area contributed by atoms with E-state index in [9.17, 15) is 12.8 Å². The topological polar surface area (TPSA) is 128 Å². The highest BCUT2D eigenvalue weighted by atomic mass is 32.2.